The number of hydrogen-bond acceptors (Lipinski definition) is 7. The minimum absolute atomic E-state index is 0.0536. The molecule has 1 aromatic carbocycles. The Morgan fingerprint density at radius 1 is 0.912 bits per heavy atom. The first kappa shape index (κ1) is 21.3. The Morgan fingerprint density at radius 3 is 2.38 bits per heavy atom. The molecule has 0 spiro atoms. The molecule has 0 bridgehead atoms. The largest absolute Gasteiger partial charge is 0.467 e. The Hall–Kier alpha value is -4.60. The summed E-state index contributed by atoms with van der Waals surface area (Å²) in [4.78, 5) is 28.4. The average Bonchev–Trinajstić information content (AvgIpc) is 3.66. The third-order valence-corrected chi connectivity index (χ3v) is 5.32. The zero-order chi connectivity index (χ0) is 23.3. The lowest BCUT2D eigenvalue weighted by Crippen LogP contribution is -2.44. The highest BCUT2D eigenvalue weighted by atomic mass is 16.3. The molecule has 1 atom stereocenters. The summed E-state index contributed by atoms with van der Waals surface area (Å²) in [6.45, 7) is 0.0986. The van der Waals surface area contributed by atoms with E-state index in [1.54, 1.807) is 36.4 Å². The number of para-hydroxylation sites is 1. The Labute approximate surface area is 193 Å². The van der Waals surface area contributed by atoms with E-state index in [0.717, 1.165) is 0 Å². The topological polar surface area (TPSA) is 120 Å². The number of furan rings is 3. The van der Waals surface area contributed by atoms with Crippen molar-refractivity contribution < 1.29 is 22.8 Å². The lowest BCUT2D eigenvalue weighted by atomic mass is 10.1. The van der Waals surface area contributed by atoms with E-state index in [-0.39, 0.29) is 25.5 Å². The summed E-state index contributed by atoms with van der Waals surface area (Å²) in [7, 11) is 0. The second-order valence-corrected chi connectivity index (χ2v) is 7.55. The third-order valence-electron chi connectivity index (χ3n) is 5.32. The number of carbonyl (C=O) groups is 2. The molecule has 5 aromatic rings. The second-order valence-electron chi connectivity index (χ2n) is 7.55. The molecule has 0 saturated carbocycles. The number of fused-ring (bicyclic) bond motifs is 1. The molecular formula is C24H21N5O5. The molecule has 0 aliphatic carbocycles. The Morgan fingerprint density at radius 2 is 1.65 bits per heavy atom. The van der Waals surface area contributed by atoms with Crippen LogP contribution in [0.25, 0.3) is 11.0 Å². The molecule has 2 amide bonds. The maximum absolute atomic E-state index is 13.6. The summed E-state index contributed by atoms with van der Waals surface area (Å²) in [5.41, 5.74) is 1.39. The Balaban J connectivity index is 1.45. The minimum atomic E-state index is -1.04. The van der Waals surface area contributed by atoms with E-state index in [1.807, 2.05) is 24.3 Å². The molecule has 4 heterocycles. The van der Waals surface area contributed by atoms with E-state index in [4.69, 9.17) is 13.3 Å². The molecule has 10 nitrogen and oxygen atoms in total. The zero-order valence-electron chi connectivity index (χ0n) is 18.0. The SMILES string of the molecule is O=C(NCc1ccco1)C(c1ccco1)N(Cc1ccco1)C(=O)Cn1nnc2ccccc21. The first-order chi connectivity index (χ1) is 16.7. The van der Waals surface area contributed by atoms with Gasteiger partial charge in [0.2, 0.25) is 5.91 Å². The zero-order valence-corrected chi connectivity index (χ0v) is 18.0. The highest BCUT2D eigenvalue weighted by molar-refractivity contribution is 5.88. The average molecular weight is 459 g/mol. The van der Waals surface area contributed by atoms with Crippen molar-refractivity contribution in [1.29, 1.82) is 0 Å². The maximum Gasteiger partial charge on any atom is 0.251 e. The normalized spacial score (nSPS) is 12.0. The van der Waals surface area contributed by atoms with Crippen LogP contribution in [0.4, 0.5) is 0 Å². The molecule has 0 radical (unpaired) electrons. The van der Waals surface area contributed by atoms with E-state index in [1.165, 1.54) is 28.4 Å². The van der Waals surface area contributed by atoms with Gasteiger partial charge in [-0.1, -0.05) is 17.3 Å². The molecule has 34 heavy (non-hydrogen) atoms. The lowest BCUT2D eigenvalue weighted by molar-refractivity contribution is -0.143. The molecule has 1 N–H and O–H groups in total. The van der Waals surface area contributed by atoms with Crippen LogP contribution in [0.15, 0.2) is 92.7 Å². The highest BCUT2D eigenvalue weighted by Gasteiger charge is 2.34. The van der Waals surface area contributed by atoms with Crippen LogP contribution in [0.3, 0.4) is 0 Å². The van der Waals surface area contributed by atoms with E-state index in [2.05, 4.69) is 15.6 Å². The lowest BCUT2D eigenvalue weighted by Gasteiger charge is -2.29. The fourth-order valence-corrected chi connectivity index (χ4v) is 3.70. The van der Waals surface area contributed by atoms with Gasteiger partial charge in [0, 0.05) is 0 Å². The number of nitrogens with zero attached hydrogens (tertiary/aromatic N) is 4. The summed E-state index contributed by atoms with van der Waals surface area (Å²) in [5, 5.41) is 11.0. The first-order valence-electron chi connectivity index (χ1n) is 10.6. The molecule has 0 saturated heterocycles. The number of rotatable bonds is 9. The molecule has 10 heteroatoms. The highest BCUT2D eigenvalue weighted by Crippen LogP contribution is 2.25. The molecule has 5 rings (SSSR count). The van der Waals surface area contributed by atoms with Crippen molar-refractivity contribution in [2.24, 2.45) is 0 Å². The number of benzene rings is 1. The van der Waals surface area contributed by atoms with Crippen molar-refractivity contribution in [2.45, 2.75) is 25.7 Å². The van der Waals surface area contributed by atoms with Crippen LogP contribution in [-0.2, 0) is 29.2 Å². The van der Waals surface area contributed by atoms with Gasteiger partial charge in [-0.05, 0) is 48.5 Å². The van der Waals surface area contributed by atoms with E-state index in [9.17, 15) is 9.59 Å². The monoisotopic (exact) mass is 459 g/mol. The van der Waals surface area contributed by atoms with Crippen LogP contribution >= 0.6 is 0 Å². The molecule has 0 fully saturated rings. The van der Waals surface area contributed by atoms with Gasteiger partial charge in [0.1, 0.15) is 29.3 Å². The van der Waals surface area contributed by atoms with Crippen molar-refractivity contribution in [1.82, 2.24) is 25.2 Å². The number of carbonyl (C=O) groups excluding carboxylic acids is 2. The fourth-order valence-electron chi connectivity index (χ4n) is 3.70. The summed E-state index contributed by atoms with van der Waals surface area (Å²) in [5.74, 6) is 0.647. The molecule has 0 aliphatic rings. The quantitative estimate of drug-likeness (QED) is 0.359. The summed E-state index contributed by atoms with van der Waals surface area (Å²) in [6.07, 6.45) is 4.51. The minimum Gasteiger partial charge on any atom is -0.467 e. The van der Waals surface area contributed by atoms with Crippen molar-refractivity contribution in [3.63, 3.8) is 0 Å². The fraction of sp³-hybridized carbons (Fsp3) is 0.167. The van der Waals surface area contributed by atoms with Gasteiger partial charge in [-0.2, -0.15) is 0 Å². The standard InChI is InChI=1S/C24H21N5O5/c30-22(16-29-20-9-2-1-8-19(20)26-27-29)28(15-18-7-4-12-33-18)23(21-10-5-13-34-21)24(31)25-14-17-6-3-11-32-17/h1-13,23H,14-16H2,(H,25,31). The van der Waals surface area contributed by atoms with Gasteiger partial charge in [0.25, 0.3) is 5.91 Å². The molecular weight excluding hydrogens is 438 g/mol. The van der Waals surface area contributed by atoms with Gasteiger partial charge in [-0.15, -0.1) is 5.10 Å². The van der Waals surface area contributed by atoms with Crippen molar-refractivity contribution in [2.75, 3.05) is 0 Å². The van der Waals surface area contributed by atoms with Crippen molar-refractivity contribution in [3.8, 4) is 0 Å². The van der Waals surface area contributed by atoms with E-state index >= 15 is 0 Å². The molecule has 1 unspecified atom stereocenters. The summed E-state index contributed by atoms with van der Waals surface area (Å²) < 4.78 is 17.9. The third kappa shape index (κ3) is 4.46. The van der Waals surface area contributed by atoms with Gasteiger partial charge in [-0.25, -0.2) is 4.68 Å². The number of aromatic nitrogens is 3. The summed E-state index contributed by atoms with van der Waals surface area (Å²) in [6, 6.07) is 16.6. The van der Waals surface area contributed by atoms with Gasteiger partial charge in [0.05, 0.1) is 37.4 Å². The van der Waals surface area contributed by atoms with Crippen molar-refractivity contribution >= 4 is 22.8 Å². The molecule has 172 valence electrons. The van der Waals surface area contributed by atoms with Crippen LogP contribution in [0.2, 0.25) is 0 Å². The Kier molecular flexibility index (Phi) is 5.93. The number of hydrogen-bond donors (Lipinski definition) is 1. The van der Waals surface area contributed by atoms with Crippen LogP contribution < -0.4 is 5.32 Å². The molecule has 4 aromatic heterocycles. The van der Waals surface area contributed by atoms with Crippen LogP contribution in [-0.4, -0.2) is 31.7 Å². The number of amides is 2. The predicted molar refractivity (Wildman–Crippen MR) is 119 cm³/mol. The van der Waals surface area contributed by atoms with Gasteiger partial charge in [0.15, 0.2) is 6.04 Å². The van der Waals surface area contributed by atoms with Gasteiger partial charge in [-0.3, -0.25) is 9.59 Å². The van der Waals surface area contributed by atoms with Crippen LogP contribution in [0.1, 0.15) is 23.3 Å². The van der Waals surface area contributed by atoms with E-state index in [0.29, 0.717) is 28.3 Å². The predicted octanol–water partition coefficient (Wildman–Crippen LogP) is 3.30. The van der Waals surface area contributed by atoms with Gasteiger partial charge < -0.3 is 23.5 Å². The smallest absolute Gasteiger partial charge is 0.251 e. The van der Waals surface area contributed by atoms with Gasteiger partial charge >= 0.3 is 0 Å². The number of nitrogens with one attached hydrogen (secondary N) is 1. The Bertz CT molecular complexity index is 1360. The van der Waals surface area contributed by atoms with E-state index < -0.39 is 11.9 Å². The summed E-state index contributed by atoms with van der Waals surface area (Å²) >= 11 is 0. The van der Waals surface area contributed by atoms with Crippen molar-refractivity contribution in [3.05, 3.63) is 96.7 Å². The van der Waals surface area contributed by atoms with Crippen LogP contribution in [0.5, 0.6) is 0 Å². The maximum atomic E-state index is 13.6. The first-order valence-corrected chi connectivity index (χ1v) is 10.6. The molecule has 0 aliphatic heterocycles. The second kappa shape index (κ2) is 9.49. The van der Waals surface area contributed by atoms with Crippen LogP contribution in [0, 0.1) is 0 Å².